The fraction of sp³-hybridized carbons (Fsp3) is 0.951. The zero-order chi connectivity index (χ0) is 33.6. The highest BCUT2D eigenvalue weighted by Crippen LogP contribution is 2.15. The maximum absolute atomic E-state index is 12.6. The highest BCUT2D eigenvalue weighted by atomic mass is 16.6. The van der Waals surface area contributed by atoms with Crippen LogP contribution in [-0.4, -0.2) is 37.9 Å². The summed E-state index contributed by atoms with van der Waals surface area (Å²) in [6.07, 6.45) is 38.1. The van der Waals surface area contributed by atoms with Crippen LogP contribution in [0.1, 0.15) is 226 Å². The zero-order valence-corrected chi connectivity index (χ0v) is 31.4. The smallest absolute Gasteiger partial charge is 0.306 e. The summed E-state index contributed by atoms with van der Waals surface area (Å²) in [7, 11) is 0. The van der Waals surface area contributed by atoms with Gasteiger partial charge in [-0.1, -0.05) is 194 Å². The van der Waals surface area contributed by atoms with Crippen molar-refractivity contribution in [3.8, 4) is 0 Å². The summed E-state index contributed by atoms with van der Waals surface area (Å²) in [5, 5.41) is 0. The molecule has 0 saturated heterocycles. The molecule has 0 spiro atoms. The molecule has 0 N–H and O–H groups in total. The van der Waals surface area contributed by atoms with Gasteiger partial charge in [0.15, 0.2) is 6.10 Å². The molecule has 0 bridgehead atoms. The van der Waals surface area contributed by atoms with Crippen molar-refractivity contribution in [2.75, 3.05) is 19.8 Å². The predicted octanol–water partition coefficient (Wildman–Crippen LogP) is 13.0. The van der Waals surface area contributed by atoms with Crippen LogP contribution in [0.3, 0.4) is 0 Å². The number of esters is 2. The number of unbranched alkanes of at least 4 members (excludes halogenated alkanes) is 27. The molecule has 0 rings (SSSR count). The topological polar surface area (TPSA) is 61.8 Å². The normalized spacial score (nSPS) is 12.0. The van der Waals surface area contributed by atoms with Crippen molar-refractivity contribution in [3.63, 3.8) is 0 Å². The molecule has 0 aliphatic heterocycles. The van der Waals surface area contributed by atoms with Crippen LogP contribution < -0.4 is 0 Å². The molecule has 0 aromatic rings. The first-order chi connectivity index (χ1) is 22.6. The quantitative estimate of drug-likeness (QED) is 0.0490. The summed E-state index contributed by atoms with van der Waals surface area (Å²) >= 11 is 0. The van der Waals surface area contributed by atoms with Gasteiger partial charge in [0.2, 0.25) is 0 Å². The van der Waals surface area contributed by atoms with Gasteiger partial charge >= 0.3 is 11.9 Å². The van der Waals surface area contributed by atoms with E-state index in [2.05, 4.69) is 20.8 Å². The molecule has 0 aromatic heterocycles. The molecule has 5 nitrogen and oxygen atoms in total. The van der Waals surface area contributed by atoms with Crippen molar-refractivity contribution in [1.29, 1.82) is 0 Å². The van der Waals surface area contributed by atoms with Crippen LogP contribution in [-0.2, 0) is 23.8 Å². The molecule has 0 amide bonds. The molecule has 0 heterocycles. The molecular weight excluding hydrogens is 572 g/mol. The standard InChI is InChI=1S/C41H80O5/c1-4-7-10-13-16-18-20-21-23-24-26-28-31-34-40(42)45-38-39(37-44-36-33-30-15-12-9-6-3)46-41(43)35-32-29-27-25-22-19-17-14-11-8-5-2/h39H,4-38H2,1-3H3. The number of carbonyl (C=O) groups is 2. The first-order valence-corrected chi connectivity index (χ1v) is 20.6. The van der Waals surface area contributed by atoms with E-state index < -0.39 is 6.10 Å². The summed E-state index contributed by atoms with van der Waals surface area (Å²) in [4.78, 5) is 25.0. The third-order valence-electron chi connectivity index (χ3n) is 9.14. The second kappa shape index (κ2) is 38.3. The predicted molar refractivity (Wildman–Crippen MR) is 196 cm³/mol. The fourth-order valence-corrected chi connectivity index (χ4v) is 6.04. The maximum Gasteiger partial charge on any atom is 0.306 e. The van der Waals surface area contributed by atoms with Crippen molar-refractivity contribution in [2.24, 2.45) is 0 Å². The van der Waals surface area contributed by atoms with Crippen molar-refractivity contribution in [1.82, 2.24) is 0 Å². The second-order valence-electron chi connectivity index (χ2n) is 13.9. The summed E-state index contributed by atoms with van der Waals surface area (Å²) in [5.41, 5.74) is 0. The Kier molecular flexibility index (Phi) is 37.4. The van der Waals surface area contributed by atoms with Gasteiger partial charge in [0.1, 0.15) is 6.61 Å². The number of carbonyl (C=O) groups excluding carboxylic acids is 2. The highest BCUT2D eigenvalue weighted by Gasteiger charge is 2.17. The lowest BCUT2D eigenvalue weighted by Gasteiger charge is -2.18. The van der Waals surface area contributed by atoms with Crippen LogP contribution in [0.5, 0.6) is 0 Å². The fourth-order valence-electron chi connectivity index (χ4n) is 6.04. The van der Waals surface area contributed by atoms with Crippen molar-refractivity contribution in [3.05, 3.63) is 0 Å². The minimum absolute atomic E-state index is 0.0950. The first-order valence-electron chi connectivity index (χ1n) is 20.6. The Morgan fingerprint density at radius 2 is 0.717 bits per heavy atom. The maximum atomic E-state index is 12.6. The van der Waals surface area contributed by atoms with Crippen LogP contribution in [0.4, 0.5) is 0 Å². The molecule has 0 aliphatic rings. The van der Waals surface area contributed by atoms with Gasteiger partial charge in [-0.3, -0.25) is 9.59 Å². The van der Waals surface area contributed by atoms with Gasteiger partial charge in [-0.25, -0.2) is 0 Å². The van der Waals surface area contributed by atoms with E-state index in [4.69, 9.17) is 14.2 Å². The summed E-state index contributed by atoms with van der Waals surface area (Å²) < 4.78 is 17.1. The Balaban J connectivity index is 4.10. The van der Waals surface area contributed by atoms with E-state index in [1.54, 1.807) is 0 Å². The molecule has 1 unspecified atom stereocenters. The van der Waals surface area contributed by atoms with Crippen LogP contribution in [0.25, 0.3) is 0 Å². The number of hydrogen-bond acceptors (Lipinski definition) is 5. The minimum Gasteiger partial charge on any atom is -0.462 e. The lowest BCUT2D eigenvalue weighted by atomic mass is 10.0. The van der Waals surface area contributed by atoms with Gasteiger partial charge in [0, 0.05) is 19.4 Å². The Morgan fingerprint density at radius 1 is 0.391 bits per heavy atom. The molecule has 0 aromatic carbocycles. The van der Waals surface area contributed by atoms with Gasteiger partial charge in [0.25, 0.3) is 0 Å². The van der Waals surface area contributed by atoms with Crippen LogP contribution >= 0.6 is 0 Å². The molecule has 1 atom stereocenters. The average molecular weight is 653 g/mol. The Morgan fingerprint density at radius 3 is 1.11 bits per heavy atom. The monoisotopic (exact) mass is 653 g/mol. The summed E-state index contributed by atoms with van der Waals surface area (Å²) in [5.74, 6) is -0.387. The molecule has 46 heavy (non-hydrogen) atoms. The van der Waals surface area contributed by atoms with Crippen molar-refractivity contribution in [2.45, 2.75) is 232 Å². The van der Waals surface area contributed by atoms with E-state index in [1.165, 1.54) is 154 Å². The molecule has 0 fully saturated rings. The van der Waals surface area contributed by atoms with Crippen molar-refractivity contribution >= 4 is 11.9 Å². The molecular formula is C41H80O5. The Bertz CT molecular complexity index is 622. The minimum atomic E-state index is -0.518. The molecule has 0 aliphatic carbocycles. The molecule has 5 heteroatoms. The Hall–Kier alpha value is -1.10. The van der Waals surface area contributed by atoms with Crippen LogP contribution in [0.2, 0.25) is 0 Å². The second-order valence-corrected chi connectivity index (χ2v) is 13.9. The summed E-state index contributed by atoms with van der Waals surface area (Å²) in [6, 6.07) is 0. The third-order valence-corrected chi connectivity index (χ3v) is 9.14. The van der Waals surface area contributed by atoms with E-state index in [-0.39, 0.29) is 18.5 Å². The average Bonchev–Trinajstić information content (AvgIpc) is 3.05. The van der Waals surface area contributed by atoms with E-state index in [0.29, 0.717) is 26.1 Å². The van der Waals surface area contributed by atoms with E-state index >= 15 is 0 Å². The number of hydrogen-bond donors (Lipinski definition) is 0. The largest absolute Gasteiger partial charge is 0.462 e. The Labute approximate surface area is 287 Å². The molecule has 0 saturated carbocycles. The third kappa shape index (κ3) is 35.7. The van der Waals surface area contributed by atoms with Gasteiger partial charge in [-0.05, 0) is 19.3 Å². The highest BCUT2D eigenvalue weighted by molar-refractivity contribution is 5.70. The van der Waals surface area contributed by atoms with E-state index in [9.17, 15) is 9.59 Å². The molecule has 0 radical (unpaired) electrons. The van der Waals surface area contributed by atoms with Gasteiger partial charge in [0.05, 0.1) is 6.61 Å². The number of ether oxygens (including phenoxy) is 3. The number of rotatable bonds is 38. The SMILES string of the molecule is CCCCCCCCCCCCCCCC(=O)OCC(COCCCCCCCC)OC(=O)CCCCCCCCCCCCC. The van der Waals surface area contributed by atoms with Gasteiger partial charge in [-0.2, -0.15) is 0 Å². The zero-order valence-electron chi connectivity index (χ0n) is 31.4. The molecule has 274 valence electrons. The summed E-state index contributed by atoms with van der Waals surface area (Å²) in [6.45, 7) is 7.81. The first kappa shape index (κ1) is 44.9. The lowest BCUT2D eigenvalue weighted by molar-refractivity contribution is -0.163. The van der Waals surface area contributed by atoms with Crippen LogP contribution in [0, 0.1) is 0 Å². The van der Waals surface area contributed by atoms with E-state index in [0.717, 1.165) is 38.5 Å². The lowest BCUT2D eigenvalue weighted by Crippen LogP contribution is -2.30. The van der Waals surface area contributed by atoms with E-state index in [1.807, 2.05) is 0 Å². The van der Waals surface area contributed by atoms with Gasteiger partial charge < -0.3 is 14.2 Å². The van der Waals surface area contributed by atoms with Crippen LogP contribution in [0.15, 0.2) is 0 Å². The van der Waals surface area contributed by atoms with Crippen molar-refractivity contribution < 1.29 is 23.8 Å². The van der Waals surface area contributed by atoms with Gasteiger partial charge in [-0.15, -0.1) is 0 Å².